The molecule has 0 aromatic rings. The van der Waals surface area contributed by atoms with Crippen LogP contribution in [0.3, 0.4) is 0 Å². The first kappa shape index (κ1) is 24.0. The zero-order valence-corrected chi connectivity index (χ0v) is 16.8. The van der Waals surface area contributed by atoms with Gasteiger partial charge in [-0.3, -0.25) is 19.2 Å². The molecular formula is C15H25N5O6S2. The minimum atomic E-state index is -1.26. The van der Waals surface area contributed by atoms with Crippen molar-refractivity contribution in [3.8, 4) is 0 Å². The first-order valence-corrected chi connectivity index (χ1v) is 9.78. The molecule has 11 nitrogen and oxygen atoms in total. The third kappa shape index (κ3) is 6.56. The van der Waals surface area contributed by atoms with Crippen LogP contribution in [0.2, 0.25) is 0 Å². The minimum Gasteiger partial charge on any atom is -0.480 e. The van der Waals surface area contributed by atoms with E-state index in [9.17, 15) is 24.0 Å². The zero-order chi connectivity index (χ0) is 21.4. The highest BCUT2D eigenvalue weighted by molar-refractivity contribution is 7.80. The predicted molar refractivity (Wildman–Crippen MR) is 106 cm³/mol. The van der Waals surface area contributed by atoms with Crippen molar-refractivity contribution in [3.05, 3.63) is 0 Å². The lowest BCUT2D eigenvalue weighted by atomic mass is 10.1. The molecule has 0 bridgehead atoms. The number of nitrogens with two attached hydrogens (primary N) is 2. The summed E-state index contributed by atoms with van der Waals surface area (Å²) in [5, 5.41) is 13.7. The molecule has 0 aliphatic carbocycles. The van der Waals surface area contributed by atoms with Crippen LogP contribution < -0.4 is 22.1 Å². The van der Waals surface area contributed by atoms with Crippen LogP contribution in [0, 0.1) is 0 Å². The van der Waals surface area contributed by atoms with Crippen molar-refractivity contribution in [1.29, 1.82) is 0 Å². The van der Waals surface area contributed by atoms with Crippen LogP contribution in [-0.2, 0) is 24.0 Å². The Labute approximate surface area is 172 Å². The number of hydrogen-bond acceptors (Lipinski definition) is 8. The fourth-order valence-electron chi connectivity index (χ4n) is 2.74. The molecule has 1 aliphatic heterocycles. The van der Waals surface area contributed by atoms with Crippen LogP contribution in [0.25, 0.3) is 0 Å². The van der Waals surface area contributed by atoms with Crippen LogP contribution in [0.1, 0.15) is 19.3 Å². The molecule has 4 amide bonds. The van der Waals surface area contributed by atoms with Gasteiger partial charge >= 0.3 is 5.97 Å². The van der Waals surface area contributed by atoms with Crippen LogP contribution in [-0.4, -0.2) is 81.8 Å². The largest absolute Gasteiger partial charge is 0.480 e. The Kier molecular flexibility index (Phi) is 9.55. The van der Waals surface area contributed by atoms with E-state index in [1.807, 2.05) is 0 Å². The number of primary amides is 1. The highest BCUT2D eigenvalue weighted by Gasteiger charge is 2.37. The van der Waals surface area contributed by atoms with Crippen LogP contribution in [0.15, 0.2) is 0 Å². The topological polar surface area (TPSA) is 185 Å². The lowest BCUT2D eigenvalue weighted by Gasteiger charge is -2.28. The second kappa shape index (κ2) is 11.1. The maximum absolute atomic E-state index is 12.6. The number of carboxylic acid groups (broad SMARTS) is 1. The number of thiol groups is 2. The summed E-state index contributed by atoms with van der Waals surface area (Å²) in [7, 11) is 0. The molecule has 0 radical (unpaired) electrons. The summed E-state index contributed by atoms with van der Waals surface area (Å²) in [5.41, 5.74) is 10.7. The van der Waals surface area contributed by atoms with Gasteiger partial charge in [0, 0.05) is 18.1 Å². The van der Waals surface area contributed by atoms with Gasteiger partial charge in [-0.15, -0.1) is 0 Å². The summed E-state index contributed by atoms with van der Waals surface area (Å²) in [5.74, 6) is -4.11. The van der Waals surface area contributed by atoms with Crippen LogP contribution >= 0.6 is 25.3 Å². The van der Waals surface area contributed by atoms with Gasteiger partial charge in [0.05, 0.1) is 12.5 Å². The molecule has 0 spiro atoms. The fraction of sp³-hybridized carbons (Fsp3) is 0.667. The van der Waals surface area contributed by atoms with Gasteiger partial charge in [-0.05, 0) is 12.8 Å². The van der Waals surface area contributed by atoms with Crippen molar-refractivity contribution in [2.24, 2.45) is 11.5 Å². The molecule has 0 aromatic carbocycles. The third-order valence-corrected chi connectivity index (χ3v) is 4.92. The SMILES string of the molecule is NC(=O)CC(N)C(=O)N1CCCC1C(=O)NC(CS)C(=O)NC(CS)C(=O)O. The van der Waals surface area contributed by atoms with E-state index in [0.717, 1.165) is 0 Å². The number of carboxylic acids is 1. The number of likely N-dealkylation sites (tertiary alicyclic amines) is 1. The molecule has 1 aliphatic rings. The Bertz CT molecular complexity index is 634. The molecule has 0 saturated carbocycles. The van der Waals surface area contributed by atoms with Crippen molar-refractivity contribution in [3.63, 3.8) is 0 Å². The van der Waals surface area contributed by atoms with E-state index in [2.05, 4.69) is 35.9 Å². The zero-order valence-electron chi connectivity index (χ0n) is 15.0. The van der Waals surface area contributed by atoms with E-state index >= 15 is 0 Å². The first-order valence-electron chi connectivity index (χ1n) is 8.52. The number of carbonyl (C=O) groups is 5. The highest BCUT2D eigenvalue weighted by Crippen LogP contribution is 2.19. The molecule has 4 atom stereocenters. The Balaban J connectivity index is 2.77. The van der Waals surface area contributed by atoms with Crippen molar-refractivity contribution < 1.29 is 29.1 Å². The van der Waals surface area contributed by atoms with Gasteiger partial charge in [-0.25, -0.2) is 4.79 Å². The van der Waals surface area contributed by atoms with Crippen LogP contribution in [0.4, 0.5) is 0 Å². The van der Waals surface area contributed by atoms with Crippen molar-refractivity contribution in [2.45, 2.75) is 43.4 Å². The summed E-state index contributed by atoms with van der Waals surface area (Å²) >= 11 is 7.87. The normalized spacial score (nSPS) is 19.4. The molecular weight excluding hydrogens is 410 g/mol. The number of nitrogens with zero attached hydrogens (tertiary/aromatic N) is 1. The van der Waals surface area contributed by atoms with E-state index < -0.39 is 53.8 Å². The summed E-state index contributed by atoms with van der Waals surface area (Å²) < 4.78 is 0. The van der Waals surface area contributed by atoms with Crippen molar-refractivity contribution >= 4 is 54.9 Å². The standard InChI is InChI=1S/C15H25N5O6S2/c16-7(4-11(17)21)14(24)20-3-1-2-10(20)13(23)18-8(5-27)12(22)19-9(6-28)15(25)26/h7-10,27-28H,1-6,16H2,(H2,17,21)(H,18,23)(H,19,22)(H,25,26). The molecule has 1 fully saturated rings. The van der Waals surface area contributed by atoms with E-state index in [-0.39, 0.29) is 24.5 Å². The van der Waals surface area contributed by atoms with Crippen molar-refractivity contribution in [2.75, 3.05) is 18.1 Å². The third-order valence-electron chi connectivity index (χ3n) is 4.19. The average molecular weight is 436 g/mol. The van der Waals surface area contributed by atoms with E-state index in [1.165, 1.54) is 4.90 Å². The van der Waals surface area contributed by atoms with Gasteiger partial charge < -0.3 is 32.1 Å². The number of nitrogens with one attached hydrogen (secondary N) is 2. The maximum atomic E-state index is 12.6. The molecule has 1 saturated heterocycles. The predicted octanol–water partition coefficient (Wildman–Crippen LogP) is -2.91. The molecule has 7 N–H and O–H groups in total. The monoisotopic (exact) mass is 435 g/mol. The number of carbonyl (C=O) groups excluding carboxylic acids is 4. The highest BCUT2D eigenvalue weighted by atomic mass is 32.1. The average Bonchev–Trinajstić information content (AvgIpc) is 3.11. The molecule has 1 rings (SSSR count). The number of hydrogen-bond donors (Lipinski definition) is 7. The molecule has 28 heavy (non-hydrogen) atoms. The number of rotatable bonds is 10. The van der Waals surface area contributed by atoms with Gasteiger partial charge in [-0.1, -0.05) is 0 Å². The Hall–Kier alpha value is -1.99. The first-order chi connectivity index (χ1) is 13.1. The molecule has 1 heterocycles. The van der Waals surface area contributed by atoms with Gasteiger partial charge in [0.15, 0.2) is 0 Å². The van der Waals surface area contributed by atoms with Crippen LogP contribution in [0.5, 0.6) is 0 Å². The van der Waals surface area contributed by atoms with Gasteiger partial charge in [0.1, 0.15) is 18.1 Å². The molecule has 0 aromatic heterocycles. The minimum absolute atomic E-state index is 0.0850. The van der Waals surface area contributed by atoms with Gasteiger partial charge in [-0.2, -0.15) is 25.3 Å². The second-order valence-corrected chi connectivity index (χ2v) is 7.02. The lowest BCUT2D eigenvalue weighted by molar-refractivity contribution is -0.142. The summed E-state index contributed by atoms with van der Waals surface area (Å²) in [6.07, 6.45) is 0.563. The Morgan fingerprint density at radius 3 is 2.21 bits per heavy atom. The van der Waals surface area contributed by atoms with Crippen molar-refractivity contribution in [1.82, 2.24) is 15.5 Å². The molecule has 158 valence electrons. The number of amides is 4. The summed E-state index contributed by atoms with van der Waals surface area (Å²) in [6.45, 7) is 0.280. The van der Waals surface area contributed by atoms with Gasteiger partial charge in [0.2, 0.25) is 23.6 Å². The molecule has 13 heteroatoms. The quantitative estimate of drug-likeness (QED) is 0.179. The van der Waals surface area contributed by atoms with E-state index in [0.29, 0.717) is 12.8 Å². The smallest absolute Gasteiger partial charge is 0.327 e. The van der Waals surface area contributed by atoms with E-state index in [4.69, 9.17) is 16.6 Å². The second-order valence-electron chi connectivity index (χ2n) is 6.29. The van der Waals surface area contributed by atoms with E-state index in [1.54, 1.807) is 0 Å². The Morgan fingerprint density at radius 1 is 1.11 bits per heavy atom. The summed E-state index contributed by atoms with van der Waals surface area (Å²) in [6, 6.07) is -4.33. The Morgan fingerprint density at radius 2 is 1.71 bits per heavy atom. The maximum Gasteiger partial charge on any atom is 0.327 e. The molecule has 4 unspecified atom stereocenters. The fourth-order valence-corrected chi connectivity index (χ4v) is 3.24. The van der Waals surface area contributed by atoms with Gasteiger partial charge in [0.25, 0.3) is 0 Å². The number of aliphatic carboxylic acids is 1. The summed E-state index contributed by atoms with van der Waals surface area (Å²) in [4.78, 5) is 60.4. The lowest BCUT2D eigenvalue weighted by Crippen LogP contribution is -2.57.